The highest BCUT2D eigenvalue weighted by atomic mass is 19.1. The van der Waals surface area contributed by atoms with Crippen LogP contribution >= 0.6 is 0 Å². The van der Waals surface area contributed by atoms with Gasteiger partial charge in [0.15, 0.2) is 0 Å². The Labute approximate surface area is 121 Å². The number of carbonyl (C=O) groups is 1. The molecule has 1 aliphatic heterocycles. The number of amides is 1. The number of nitrogens with zero attached hydrogens (tertiary/aromatic N) is 2. The van der Waals surface area contributed by atoms with E-state index in [1.807, 2.05) is 6.92 Å². The highest BCUT2D eigenvalue weighted by Gasteiger charge is 2.31. The predicted octanol–water partition coefficient (Wildman–Crippen LogP) is 1.85. The highest BCUT2D eigenvalue weighted by Crippen LogP contribution is 2.25. The van der Waals surface area contributed by atoms with Crippen molar-refractivity contribution in [2.75, 3.05) is 13.1 Å². The van der Waals surface area contributed by atoms with Gasteiger partial charge in [0.25, 0.3) is 11.6 Å². The van der Waals surface area contributed by atoms with Crippen molar-refractivity contribution in [1.82, 2.24) is 4.90 Å². The minimum absolute atomic E-state index is 0.0421. The van der Waals surface area contributed by atoms with E-state index in [1.165, 1.54) is 11.8 Å². The normalized spacial score (nSPS) is 19.6. The fourth-order valence-corrected chi connectivity index (χ4v) is 2.58. The molecule has 1 aromatic carbocycles. The van der Waals surface area contributed by atoms with Gasteiger partial charge in [-0.05, 0) is 31.7 Å². The van der Waals surface area contributed by atoms with Crippen molar-refractivity contribution in [2.24, 2.45) is 11.7 Å². The minimum Gasteiger partial charge on any atom is -0.338 e. The van der Waals surface area contributed by atoms with E-state index < -0.39 is 16.6 Å². The van der Waals surface area contributed by atoms with E-state index in [9.17, 15) is 19.3 Å². The summed E-state index contributed by atoms with van der Waals surface area (Å²) < 4.78 is 14.1. The van der Waals surface area contributed by atoms with Crippen molar-refractivity contribution < 1.29 is 14.1 Å². The Balaban J connectivity index is 2.29. The van der Waals surface area contributed by atoms with Gasteiger partial charge in [-0.15, -0.1) is 0 Å². The number of nitrogens with two attached hydrogens (primary N) is 1. The molecule has 0 spiro atoms. The summed E-state index contributed by atoms with van der Waals surface area (Å²) in [7, 11) is 0. The Morgan fingerprint density at radius 2 is 2.24 bits per heavy atom. The van der Waals surface area contributed by atoms with Crippen LogP contribution in [0.15, 0.2) is 12.1 Å². The lowest BCUT2D eigenvalue weighted by Gasteiger charge is -2.18. The number of non-ortho nitro benzene ring substituents is 1. The third-order valence-electron chi connectivity index (χ3n) is 3.94. The fraction of sp³-hybridized carbons (Fsp3) is 0.500. The number of nitro groups is 1. The van der Waals surface area contributed by atoms with Gasteiger partial charge in [-0.25, -0.2) is 4.39 Å². The number of rotatable bonds is 3. The number of hydrogen-bond donors (Lipinski definition) is 1. The number of carbonyl (C=O) groups excluding carboxylic acids is 1. The average Bonchev–Trinajstić information content (AvgIpc) is 2.90. The van der Waals surface area contributed by atoms with E-state index in [0.29, 0.717) is 13.1 Å². The topological polar surface area (TPSA) is 89.5 Å². The minimum atomic E-state index is -0.699. The Kier molecular flexibility index (Phi) is 4.22. The number of halogens is 1. The number of likely N-dealkylation sites (tertiary alicyclic amines) is 1. The molecular formula is C14H18FN3O3. The third kappa shape index (κ3) is 3.02. The largest absolute Gasteiger partial charge is 0.338 e. The Bertz CT molecular complexity index is 589. The summed E-state index contributed by atoms with van der Waals surface area (Å²) in [5.41, 5.74) is 5.39. The number of aryl methyl sites for hydroxylation is 1. The fourth-order valence-electron chi connectivity index (χ4n) is 2.58. The molecule has 1 aromatic rings. The Morgan fingerprint density at radius 3 is 2.76 bits per heavy atom. The standard InChI is InChI=1S/C14H18FN3O3/c1-8-5-11(18(20)21)6-12(13(8)15)14(19)17-4-3-10(7-17)9(2)16/h5-6,9-10H,3-4,7,16H2,1-2H3. The summed E-state index contributed by atoms with van der Waals surface area (Å²) in [6.45, 7) is 4.23. The van der Waals surface area contributed by atoms with Crippen molar-refractivity contribution in [3.8, 4) is 0 Å². The highest BCUT2D eigenvalue weighted by molar-refractivity contribution is 5.95. The zero-order valence-corrected chi connectivity index (χ0v) is 12.0. The van der Waals surface area contributed by atoms with Gasteiger partial charge in [0.1, 0.15) is 5.82 Å². The molecule has 114 valence electrons. The molecule has 2 rings (SSSR count). The van der Waals surface area contributed by atoms with Crippen LogP contribution in [0.4, 0.5) is 10.1 Å². The molecule has 0 aliphatic carbocycles. The lowest BCUT2D eigenvalue weighted by molar-refractivity contribution is -0.385. The van der Waals surface area contributed by atoms with E-state index in [0.717, 1.165) is 18.6 Å². The van der Waals surface area contributed by atoms with Crippen LogP contribution in [0.25, 0.3) is 0 Å². The number of hydrogen-bond acceptors (Lipinski definition) is 4. The first-order valence-corrected chi connectivity index (χ1v) is 6.80. The first-order chi connectivity index (χ1) is 9.81. The predicted molar refractivity (Wildman–Crippen MR) is 75.5 cm³/mol. The van der Waals surface area contributed by atoms with Gasteiger partial charge in [-0.1, -0.05) is 0 Å². The summed E-state index contributed by atoms with van der Waals surface area (Å²) in [4.78, 5) is 24.1. The van der Waals surface area contributed by atoms with Gasteiger partial charge in [0.05, 0.1) is 10.5 Å². The van der Waals surface area contributed by atoms with Gasteiger partial charge < -0.3 is 10.6 Å². The Hall–Kier alpha value is -2.02. The zero-order chi connectivity index (χ0) is 15.7. The van der Waals surface area contributed by atoms with Crippen LogP contribution in [0.5, 0.6) is 0 Å². The van der Waals surface area contributed by atoms with Crippen molar-refractivity contribution in [3.05, 3.63) is 39.2 Å². The quantitative estimate of drug-likeness (QED) is 0.680. The van der Waals surface area contributed by atoms with Crippen LogP contribution in [0.2, 0.25) is 0 Å². The van der Waals surface area contributed by atoms with E-state index in [4.69, 9.17) is 5.73 Å². The third-order valence-corrected chi connectivity index (χ3v) is 3.94. The summed E-state index contributed by atoms with van der Waals surface area (Å²) in [5.74, 6) is -1.03. The van der Waals surface area contributed by atoms with E-state index >= 15 is 0 Å². The maximum absolute atomic E-state index is 14.1. The molecule has 0 bridgehead atoms. The Morgan fingerprint density at radius 1 is 1.57 bits per heavy atom. The van der Waals surface area contributed by atoms with Crippen LogP contribution in [0.3, 0.4) is 0 Å². The first kappa shape index (κ1) is 15.4. The van der Waals surface area contributed by atoms with Crippen LogP contribution in [-0.2, 0) is 0 Å². The van der Waals surface area contributed by atoms with Crippen LogP contribution in [-0.4, -0.2) is 34.9 Å². The second-order valence-electron chi connectivity index (χ2n) is 5.54. The molecule has 0 saturated carbocycles. The molecule has 0 aromatic heterocycles. The SMILES string of the molecule is Cc1cc([N+](=O)[O-])cc(C(=O)N2CCC(C(C)N)C2)c1F. The van der Waals surface area contributed by atoms with Crippen LogP contribution in [0, 0.1) is 28.8 Å². The average molecular weight is 295 g/mol. The summed E-state index contributed by atoms with van der Waals surface area (Å²) in [5, 5.41) is 10.8. The monoisotopic (exact) mass is 295 g/mol. The van der Waals surface area contributed by atoms with E-state index in [1.54, 1.807) is 0 Å². The molecule has 2 atom stereocenters. The molecular weight excluding hydrogens is 277 g/mol. The molecule has 0 radical (unpaired) electrons. The summed E-state index contributed by atoms with van der Waals surface area (Å²) in [6.07, 6.45) is 0.763. The van der Waals surface area contributed by atoms with Crippen LogP contribution in [0.1, 0.15) is 29.3 Å². The number of nitro benzene ring substituents is 1. The van der Waals surface area contributed by atoms with Gasteiger partial charge in [0.2, 0.25) is 0 Å². The summed E-state index contributed by atoms with van der Waals surface area (Å²) >= 11 is 0. The van der Waals surface area contributed by atoms with Crippen molar-refractivity contribution in [2.45, 2.75) is 26.3 Å². The molecule has 2 unspecified atom stereocenters. The zero-order valence-electron chi connectivity index (χ0n) is 12.0. The number of benzene rings is 1. The van der Waals surface area contributed by atoms with Crippen LogP contribution < -0.4 is 5.73 Å². The lowest BCUT2D eigenvalue weighted by Crippen LogP contribution is -2.33. The van der Waals surface area contributed by atoms with Crippen molar-refractivity contribution >= 4 is 11.6 Å². The van der Waals surface area contributed by atoms with Gasteiger partial charge in [0, 0.05) is 31.3 Å². The molecule has 7 heteroatoms. The second-order valence-corrected chi connectivity index (χ2v) is 5.54. The first-order valence-electron chi connectivity index (χ1n) is 6.80. The molecule has 2 N–H and O–H groups in total. The molecule has 1 heterocycles. The van der Waals surface area contributed by atoms with Crippen molar-refractivity contribution in [1.29, 1.82) is 0 Å². The molecule has 1 aliphatic rings. The van der Waals surface area contributed by atoms with E-state index in [-0.39, 0.29) is 28.8 Å². The van der Waals surface area contributed by atoms with Gasteiger partial charge >= 0.3 is 0 Å². The maximum atomic E-state index is 14.1. The van der Waals surface area contributed by atoms with Gasteiger partial charge in [-0.3, -0.25) is 14.9 Å². The molecule has 1 amide bonds. The van der Waals surface area contributed by atoms with E-state index in [2.05, 4.69) is 0 Å². The van der Waals surface area contributed by atoms with Crippen molar-refractivity contribution in [3.63, 3.8) is 0 Å². The molecule has 1 saturated heterocycles. The maximum Gasteiger partial charge on any atom is 0.270 e. The molecule has 21 heavy (non-hydrogen) atoms. The molecule has 6 nitrogen and oxygen atoms in total. The smallest absolute Gasteiger partial charge is 0.270 e. The lowest BCUT2D eigenvalue weighted by atomic mass is 10.0. The van der Waals surface area contributed by atoms with Gasteiger partial charge in [-0.2, -0.15) is 0 Å². The second kappa shape index (κ2) is 5.77. The molecule has 1 fully saturated rings. The summed E-state index contributed by atoms with van der Waals surface area (Å²) in [6, 6.07) is 2.09.